The van der Waals surface area contributed by atoms with E-state index >= 15 is 0 Å². The number of benzene rings is 2. The zero-order chi connectivity index (χ0) is 24.8. The van der Waals surface area contributed by atoms with Crippen LogP contribution in [0.25, 0.3) is 0 Å². The molecule has 0 radical (unpaired) electrons. The Bertz CT molecular complexity index is 967. The van der Waals surface area contributed by atoms with Crippen molar-refractivity contribution in [1.82, 2.24) is 10.2 Å². The van der Waals surface area contributed by atoms with Crippen molar-refractivity contribution in [3.05, 3.63) is 65.7 Å². The van der Waals surface area contributed by atoms with Crippen LogP contribution in [0.3, 0.4) is 0 Å². The number of alkyl carbamates (subject to hydrolysis) is 1. The van der Waals surface area contributed by atoms with E-state index in [1.165, 1.54) is 4.90 Å². The van der Waals surface area contributed by atoms with Crippen molar-refractivity contribution >= 4 is 23.6 Å². The minimum absolute atomic E-state index is 0.219. The fourth-order valence-electron chi connectivity index (χ4n) is 3.40. The van der Waals surface area contributed by atoms with Gasteiger partial charge < -0.3 is 20.3 Å². The van der Waals surface area contributed by atoms with Gasteiger partial charge in [-0.2, -0.15) is 0 Å². The molecule has 0 aliphatic heterocycles. The van der Waals surface area contributed by atoms with Gasteiger partial charge in [0.2, 0.25) is 5.91 Å². The van der Waals surface area contributed by atoms with Crippen molar-refractivity contribution in [1.29, 1.82) is 0 Å². The number of likely N-dealkylation sites (N-methyl/N-ethyl adjacent to an activating group) is 1. The van der Waals surface area contributed by atoms with E-state index < -0.39 is 23.8 Å². The second-order valence-corrected chi connectivity index (χ2v) is 9.43. The second kappa shape index (κ2) is 11.0. The van der Waals surface area contributed by atoms with Gasteiger partial charge in [-0.05, 0) is 50.8 Å². The van der Waals surface area contributed by atoms with Gasteiger partial charge >= 0.3 is 6.09 Å². The number of para-hydroxylation sites is 1. The maximum Gasteiger partial charge on any atom is 0.408 e. The fraction of sp³-hybridized carbons (Fsp3) is 0.423. The Balaban J connectivity index is 2.33. The number of nitrogens with zero attached hydrogens (tertiary/aromatic N) is 1. The first-order chi connectivity index (χ1) is 15.4. The predicted octanol–water partition coefficient (Wildman–Crippen LogP) is 4.68. The lowest BCUT2D eigenvalue weighted by Crippen LogP contribution is -2.53. The average Bonchev–Trinajstić information content (AvgIpc) is 2.72. The molecule has 2 aromatic rings. The SMILES string of the molecule is Cc1ccccc1NC(=O)C(c1ccccc1)N(C)C(=O)C(NC(=O)OC(C)(C)C)C(C)C. The molecule has 2 aromatic carbocycles. The first-order valence-corrected chi connectivity index (χ1v) is 11.1. The van der Waals surface area contributed by atoms with E-state index in [2.05, 4.69) is 10.6 Å². The minimum Gasteiger partial charge on any atom is -0.444 e. The van der Waals surface area contributed by atoms with Crippen molar-refractivity contribution in [2.24, 2.45) is 5.92 Å². The minimum atomic E-state index is -0.889. The largest absolute Gasteiger partial charge is 0.444 e. The molecule has 0 aliphatic rings. The Morgan fingerprint density at radius 3 is 2.06 bits per heavy atom. The highest BCUT2D eigenvalue weighted by Crippen LogP contribution is 2.24. The summed E-state index contributed by atoms with van der Waals surface area (Å²) in [7, 11) is 1.57. The van der Waals surface area contributed by atoms with Crippen LogP contribution in [0, 0.1) is 12.8 Å². The quantitative estimate of drug-likeness (QED) is 0.637. The Kier molecular flexibility index (Phi) is 8.63. The molecule has 0 aromatic heterocycles. The molecule has 2 rings (SSSR count). The molecule has 0 heterocycles. The average molecular weight is 454 g/mol. The molecule has 0 saturated carbocycles. The normalized spacial score (nSPS) is 13.1. The number of hydrogen-bond acceptors (Lipinski definition) is 4. The summed E-state index contributed by atoms with van der Waals surface area (Å²) in [6.07, 6.45) is -0.677. The predicted molar refractivity (Wildman–Crippen MR) is 130 cm³/mol. The molecule has 0 aliphatic carbocycles. The van der Waals surface area contributed by atoms with Gasteiger partial charge in [0.15, 0.2) is 0 Å². The number of carbonyl (C=O) groups excluding carboxylic acids is 3. The number of aryl methyl sites for hydroxylation is 1. The Morgan fingerprint density at radius 1 is 0.939 bits per heavy atom. The molecular weight excluding hydrogens is 418 g/mol. The third-order valence-electron chi connectivity index (χ3n) is 5.11. The maximum absolute atomic E-state index is 13.5. The van der Waals surface area contributed by atoms with Crippen molar-refractivity contribution in [2.45, 2.75) is 59.2 Å². The molecule has 0 saturated heterocycles. The Hall–Kier alpha value is -3.35. The summed E-state index contributed by atoms with van der Waals surface area (Å²) in [6, 6.07) is 14.8. The summed E-state index contributed by atoms with van der Waals surface area (Å²) in [6.45, 7) is 10.8. The molecule has 7 nitrogen and oxygen atoms in total. The van der Waals surface area contributed by atoms with Crippen LogP contribution >= 0.6 is 0 Å². The number of nitrogens with one attached hydrogen (secondary N) is 2. The van der Waals surface area contributed by atoms with Gasteiger partial charge in [-0.25, -0.2) is 4.79 Å². The molecular formula is C26H35N3O4. The molecule has 178 valence electrons. The Morgan fingerprint density at radius 2 is 1.52 bits per heavy atom. The summed E-state index contributed by atoms with van der Waals surface area (Å²) < 4.78 is 5.33. The van der Waals surface area contributed by atoms with Crippen molar-refractivity contribution in [3.8, 4) is 0 Å². The van der Waals surface area contributed by atoms with Gasteiger partial charge in [0, 0.05) is 12.7 Å². The number of amides is 3. The monoisotopic (exact) mass is 453 g/mol. The number of carbonyl (C=O) groups is 3. The molecule has 0 spiro atoms. The molecule has 2 atom stereocenters. The number of rotatable bonds is 7. The van der Waals surface area contributed by atoms with Gasteiger partial charge in [-0.15, -0.1) is 0 Å². The van der Waals surface area contributed by atoms with Crippen LogP contribution in [-0.4, -0.2) is 41.5 Å². The summed E-state index contributed by atoms with van der Waals surface area (Å²) in [5, 5.41) is 5.61. The van der Waals surface area contributed by atoms with Crippen molar-refractivity contribution in [2.75, 3.05) is 12.4 Å². The zero-order valence-corrected chi connectivity index (χ0v) is 20.5. The zero-order valence-electron chi connectivity index (χ0n) is 20.5. The lowest BCUT2D eigenvalue weighted by molar-refractivity contribution is -0.140. The molecule has 2 unspecified atom stereocenters. The van der Waals surface area contributed by atoms with Crippen LogP contribution in [0.4, 0.5) is 10.5 Å². The van der Waals surface area contributed by atoms with Crippen LogP contribution in [-0.2, 0) is 14.3 Å². The van der Waals surface area contributed by atoms with Crippen molar-refractivity contribution < 1.29 is 19.1 Å². The van der Waals surface area contributed by atoms with Crippen LogP contribution in [0.15, 0.2) is 54.6 Å². The van der Waals surface area contributed by atoms with Crippen LogP contribution < -0.4 is 10.6 Å². The summed E-state index contributed by atoms with van der Waals surface area (Å²) in [4.78, 5) is 40.6. The van der Waals surface area contributed by atoms with Gasteiger partial charge in [0.25, 0.3) is 5.91 Å². The van der Waals surface area contributed by atoms with Crippen LogP contribution in [0.5, 0.6) is 0 Å². The summed E-state index contributed by atoms with van der Waals surface area (Å²) >= 11 is 0. The van der Waals surface area contributed by atoms with E-state index in [9.17, 15) is 14.4 Å². The molecule has 2 N–H and O–H groups in total. The van der Waals surface area contributed by atoms with Crippen molar-refractivity contribution in [3.63, 3.8) is 0 Å². The van der Waals surface area contributed by atoms with Crippen LogP contribution in [0.1, 0.15) is 51.8 Å². The van der Waals surface area contributed by atoms with E-state index in [4.69, 9.17) is 4.74 Å². The van der Waals surface area contributed by atoms with E-state index in [0.29, 0.717) is 11.3 Å². The first kappa shape index (κ1) is 25.9. The number of anilines is 1. The highest BCUT2D eigenvalue weighted by molar-refractivity contribution is 5.99. The van der Waals surface area contributed by atoms with Gasteiger partial charge in [-0.1, -0.05) is 62.4 Å². The molecule has 33 heavy (non-hydrogen) atoms. The smallest absolute Gasteiger partial charge is 0.408 e. The highest BCUT2D eigenvalue weighted by Gasteiger charge is 2.35. The standard InChI is InChI=1S/C26H35N3O4/c1-17(2)21(28-25(32)33-26(4,5)6)24(31)29(7)22(19-14-9-8-10-15-19)23(30)27-20-16-12-11-13-18(20)3/h8-17,21-22H,1-7H3,(H,27,30)(H,28,32). The first-order valence-electron chi connectivity index (χ1n) is 11.1. The lowest BCUT2D eigenvalue weighted by Gasteiger charge is -2.33. The molecule has 3 amide bonds. The second-order valence-electron chi connectivity index (χ2n) is 9.43. The molecule has 0 bridgehead atoms. The van der Waals surface area contributed by atoms with Crippen LogP contribution in [0.2, 0.25) is 0 Å². The third kappa shape index (κ3) is 7.34. The molecule has 0 fully saturated rings. The molecule has 7 heteroatoms. The fourth-order valence-corrected chi connectivity index (χ4v) is 3.40. The maximum atomic E-state index is 13.5. The van der Waals surface area contributed by atoms with Gasteiger partial charge in [-0.3, -0.25) is 9.59 Å². The number of hydrogen-bond donors (Lipinski definition) is 2. The lowest BCUT2D eigenvalue weighted by atomic mass is 9.99. The topological polar surface area (TPSA) is 87.7 Å². The number of ether oxygens (including phenoxy) is 1. The van der Waals surface area contributed by atoms with Gasteiger partial charge in [0.05, 0.1) is 0 Å². The summed E-state index contributed by atoms with van der Waals surface area (Å²) in [5.74, 6) is -0.945. The highest BCUT2D eigenvalue weighted by atomic mass is 16.6. The van der Waals surface area contributed by atoms with Gasteiger partial charge in [0.1, 0.15) is 17.7 Å². The van der Waals surface area contributed by atoms with E-state index in [-0.39, 0.29) is 17.7 Å². The van der Waals surface area contributed by atoms with E-state index in [1.54, 1.807) is 40.0 Å². The van der Waals surface area contributed by atoms with E-state index in [0.717, 1.165) is 5.56 Å². The Labute approximate surface area is 196 Å². The van der Waals surface area contributed by atoms with E-state index in [1.807, 2.05) is 63.2 Å². The summed E-state index contributed by atoms with van der Waals surface area (Å²) in [5.41, 5.74) is 1.56. The third-order valence-corrected chi connectivity index (χ3v) is 5.11.